The van der Waals surface area contributed by atoms with Crippen LogP contribution < -0.4 is 4.74 Å². The van der Waals surface area contributed by atoms with Crippen molar-refractivity contribution >= 4 is 5.97 Å². The molecule has 4 rings (SSSR count). The molecule has 0 bridgehead atoms. The molecule has 0 saturated heterocycles. The van der Waals surface area contributed by atoms with E-state index < -0.39 is 12.5 Å². The lowest BCUT2D eigenvalue weighted by molar-refractivity contribution is -0.274. The fraction of sp³-hybridized carbons (Fsp3) is 0.200. The van der Waals surface area contributed by atoms with Gasteiger partial charge in [-0.25, -0.2) is 9.67 Å². The van der Waals surface area contributed by atoms with Gasteiger partial charge in [0, 0.05) is 11.8 Å². The van der Waals surface area contributed by atoms with Crippen LogP contribution in [0, 0.1) is 6.92 Å². The van der Waals surface area contributed by atoms with Gasteiger partial charge in [-0.1, -0.05) is 30.3 Å². The van der Waals surface area contributed by atoms with E-state index >= 15 is 0 Å². The summed E-state index contributed by atoms with van der Waals surface area (Å²) in [5, 5.41) is 4.37. The molecule has 2 aromatic heterocycles. The van der Waals surface area contributed by atoms with E-state index in [1.54, 1.807) is 37.4 Å². The second kappa shape index (κ2) is 9.96. The van der Waals surface area contributed by atoms with Gasteiger partial charge in [-0.05, 0) is 55.3 Å². The molecular formula is C25H21F3N4O3. The van der Waals surface area contributed by atoms with E-state index in [0.717, 1.165) is 16.7 Å². The summed E-state index contributed by atoms with van der Waals surface area (Å²) in [6.07, 6.45) is -1.91. The molecular weight excluding hydrogens is 461 g/mol. The first-order chi connectivity index (χ1) is 16.7. The van der Waals surface area contributed by atoms with Crippen LogP contribution in [0.4, 0.5) is 13.2 Å². The third kappa shape index (κ3) is 6.44. The number of benzene rings is 2. The van der Waals surface area contributed by atoms with Gasteiger partial charge in [0.15, 0.2) is 5.82 Å². The molecule has 0 aliphatic heterocycles. The number of pyridine rings is 1. The molecule has 4 aromatic rings. The third-order valence-electron chi connectivity index (χ3n) is 5.05. The fourth-order valence-electron chi connectivity index (χ4n) is 3.28. The Kier molecular flexibility index (Phi) is 6.81. The largest absolute Gasteiger partial charge is 0.573 e. The quantitative estimate of drug-likeness (QED) is 0.329. The Bertz CT molecular complexity index is 1290. The number of hydrogen-bond acceptors (Lipinski definition) is 6. The maximum Gasteiger partial charge on any atom is 0.573 e. The molecule has 0 saturated carbocycles. The van der Waals surface area contributed by atoms with Gasteiger partial charge in [0.05, 0.1) is 17.8 Å². The summed E-state index contributed by atoms with van der Waals surface area (Å²) in [4.78, 5) is 20.9. The molecule has 0 spiro atoms. The molecule has 0 N–H and O–H groups in total. The summed E-state index contributed by atoms with van der Waals surface area (Å²) in [6.45, 7) is 3.71. The van der Waals surface area contributed by atoms with Crippen molar-refractivity contribution in [3.63, 3.8) is 0 Å². The van der Waals surface area contributed by atoms with Crippen molar-refractivity contribution in [2.75, 3.05) is 0 Å². The van der Waals surface area contributed by atoms with Gasteiger partial charge in [-0.2, -0.15) is 0 Å². The van der Waals surface area contributed by atoms with Crippen LogP contribution in [0.1, 0.15) is 29.8 Å². The van der Waals surface area contributed by atoms with E-state index in [0.29, 0.717) is 17.2 Å². The molecule has 35 heavy (non-hydrogen) atoms. The van der Waals surface area contributed by atoms with Gasteiger partial charge >= 0.3 is 12.3 Å². The summed E-state index contributed by atoms with van der Waals surface area (Å²) in [6, 6.07) is 16.2. The monoisotopic (exact) mass is 482 g/mol. The van der Waals surface area contributed by atoms with Gasteiger partial charge in [-0.3, -0.25) is 9.78 Å². The minimum absolute atomic E-state index is 0.102. The number of carbonyl (C=O) groups is 1. The SMILES string of the molecule is Cc1ccc(C(C)OC(=O)Cc2ccc(-c3ncn(-c4ccc(OC(F)(F)F)cc4)n3)cc2)nc1. The summed E-state index contributed by atoms with van der Waals surface area (Å²) >= 11 is 0. The molecule has 0 fully saturated rings. The number of esters is 1. The number of aryl methyl sites for hydroxylation is 1. The number of halogens is 3. The first kappa shape index (κ1) is 23.9. The predicted molar refractivity (Wildman–Crippen MR) is 121 cm³/mol. The van der Waals surface area contributed by atoms with Crippen molar-refractivity contribution in [1.82, 2.24) is 19.7 Å². The summed E-state index contributed by atoms with van der Waals surface area (Å²) in [5.41, 5.74) is 3.72. The standard InChI is InChI=1S/C25H21F3N4O3/c1-16-3-12-22(29-14-16)17(2)34-23(33)13-18-4-6-19(7-5-18)24-30-15-32(31-24)20-8-10-21(11-9-20)35-25(26,27)28/h3-12,14-15,17H,13H2,1-2H3. The molecule has 0 aliphatic carbocycles. The van der Waals surface area contributed by atoms with Gasteiger partial charge in [0.2, 0.25) is 0 Å². The van der Waals surface area contributed by atoms with Crippen LogP contribution in [-0.4, -0.2) is 32.1 Å². The highest BCUT2D eigenvalue weighted by atomic mass is 19.4. The molecule has 10 heteroatoms. The highest BCUT2D eigenvalue weighted by Crippen LogP contribution is 2.24. The van der Waals surface area contributed by atoms with Crippen LogP contribution >= 0.6 is 0 Å². The molecule has 0 radical (unpaired) electrons. The number of hydrogen-bond donors (Lipinski definition) is 0. The lowest BCUT2D eigenvalue weighted by Crippen LogP contribution is -2.17. The number of carbonyl (C=O) groups excluding carboxylic acids is 1. The van der Waals surface area contributed by atoms with Gasteiger partial charge < -0.3 is 9.47 Å². The minimum atomic E-state index is -4.75. The van der Waals surface area contributed by atoms with Crippen LogP contribution in [0.25, 0.3) is 17.1 Å². The number of nitrogens with zero attached hydrogens (tertiary/aromatic N) is 4. The van der Waals surface area contributed by atoms with Crippen LogP contribution in [-0.2, 0) is 16.0 Å². The third-order valence-corrected chi connectivity index (χ3v) is 5.05. The summed E-state index contributed by atoms with van der Waals surface area (Å²) in [7, 11) is 0. The van der Waals surface area contributed by atoms with Crippen LogP contribution in [0.3, 0.4) is 0 Å². The Morgan fingerprint density at radius 2 is 1.71 bits per heavy atom. The minimum Gasteiger partial charge on any atom is -0.456 e. The average Bonchev–Trinajstić information content (AvgIpc) is 3.29. The maximum atomic E-state index is 12.3. The zero-order valence-corrected chi connectivity index (χ0v) is 18.9. The Morgan fingerprint density at radius 1 is 1.00 bits per heavy atom. The summed E-state index contributed by atoms with van der Waals surface area (Å²) in [5.74, 6) is -0.262. The second-order valence-electron chi connectivity index (χ2n) is 7.82. The first-order valence-corrected chi connectivity index (χ1v) is 10.7. The maximum absolute atomic E-state index is 12.3. The van der Waals surface area contributed by atoms with E-state index in [1.807, 2.05) is 19.1 Å². The van der Waals surface area contributed by atoms with Crippen LogP contribution in [0.15, 0.2) is 73.2 Å². The smallest absolute Gasteiger partial charge is 0.456 e. The summed E-state index contributed by atoms with van der Waals surface area (Å²) < 4.78 is 47.7. The van der Waals surface area contributed by atoms with Crippen LogP contribution in [0.2, 0.25) is 0 Å². The van der Waals surface area contributed by atoms with Gasteiger partial charge in [0.1, 0.15) is 18.2 Å². The molecule has 7 nitrogen and oxygen atoms in total. The van der Waals surface area contributed by atoms with Crippen molar-refractivity contribution in [3.05, 3.63) is 90.0 Å². The van der Waals surface area contributed by atoms with Crippen molar-refractivity contribution in [2.24, 2.45) is 0 Å². The van der Waals surface area contributed by atoms with Crippen molar-refractivity contribution in [2.45, 2.75) is 32.7 Å². The zero-order chi connectivity index (χ0) is 25.0. The molecule has 0 amide bonds. The number of ether oxygens (including phenoxy) is 2. The fourth-order valence-corrected chi connectivity index (χ4v) is 3.28. The Hall–Kier alpha value is -4.21. The molecule has 2 aromatic carbocycles. The topological polar surface area (TPSA) is 79.1 Å². The van der Waals surface area contributed by atoms with Crippen molar-refractivity contribution in [3.8, 4) is 22.8 Å². The number of aromatic nitrogens is 4. The molecule has 2 heterocycles. The lowest BCUT2D eigenvalue weighted by Gasteiger charge is -2.13. The Labute approximate surface area is 199 Å². The number of rotatable bonds is 7. The average molecular weight is 482 g/mol. The lowest BCUT2D eigenvalue weighted by atomic mass is 10.1. The highest BCUT2D eigenvalue weighted by molar-refractivity contribution is 5.73. The zero-order valence-electron chi connectivity index (χ0n) is 18.9. The number of alkyl halides is 3. The first-order valence-electron chi connectivity index (χ1n) is 10.7. The van der Waals surface area contributed by atoms with E-state index in [2.05, 4.69) is 19.8 Å². The van der Waals surface area contributed by atoms with E-state index in [1.165, 1.54) is 35.3 Å². The highest BCUT2D eigenvalue weighted by Gasteiger charge is 2.31. The van der Waals surface area contributed by atoms with Crippen molar-refractivity contribution in [1.29, 1.82) is 0 Å². The molecule has 1 unspecified atom stereocenters. The van der Waals surface area contributed by atoms with E-state index in [-0.39, 0.29) is 18.1 Å². The predicted octanol–water partition coefficient (Wildman–Crippen LogP) is 5.38. The molecule has 1 atom stereocenters. The van der Waals surface area contributed by atoms with Crippen molar-refractivity contribution < 1.29 is 27.4 Å². The van der Waals surface area contributed by atoms with Gasteiger partial charge in [-0.15, -0.1) is 18.3 Å². The van der Waals surface area contributed by atoms with E-state index in [4.69, 9.17) is 4.74 Å². The Morgan fingerprint density at radius 3 is 2.34 bits per heavy atom. The van der Waals surface area contributed by atoms with Gasteiger partial charge in [0.25, 0.3) is 0 Å². The normalized spacial score (nSPS) is 12.3. The molecule has 0 aliphatic rings. The second-order valence-corrected chi connectivity index (χ2v) is 7.82. The van der Waals surface area contributed by atoms with E-state index in [9.17, 15) is 18.0 Å². The Balaban J connectivity index is 1.37. The molecule has 180 valence electrons. The van der Waals surface area contributed by atoms with Crippen LogP contribution in [0.5, 0.6) is 5.75 Å².